The minimum absolute atomic E-state index is 0.125. The number of ketones is 1. The Balaban J connectivity index is 1.46. The highest BCUT2D eigenvalue weighted by atomic mass is 16.1. The summed E-state index contributed by atoms with van der Waals surface area (Å²) in [4.78, 5) is 13.6. The second-order valence-electron chi connectivity index (χ2n) is 11.1. The molecule has 3 heteroatoms. The number of hydrogen-bond acceptors (Lipinski definition) is 2. The van der Waals surface area contributed by atoms with E-state index in [-0.39, 0.29) is 5.41 Å². The molecule has 4 aliphatic rings. The Morgan fingerprint density at radius 2 is 1.97 bits per heavy atom. The highest BCUT2D eigenvalue weighted by molar-refractivity contribution is 6.06. The lowest BCUT2D eigenvalue weighted by atomic mass is 9.45. The van der Waals surface area contributed by atoms with Crippen LogP contribution in [0.15, 0.2) is 11.8 Å². The molecule has 0 aliphatic heterocycles. The minimum atomic E-state index is -0.125. The van der Waals surface area contributed by atoms with Gasteiger partial charge in [0, 0.05) is 23.2 Å². The number of aryl methyl sites for hydroxylation is 1. The van der Waals surface area contributed by atoms with Crippen LogP contribution in [-0.2, 0) is 11.3 Å². The van der Waals surface area contributed by atoms with E-state index in [2.05, 4.69) is 38.9 Å². The van der Waals surface area contributed by atoms with Crippen LogP contribution in [-0.4, -0.2) is 15.6 Å². The topological polar surface area (TPSA) is 34.9 Å². The maximum atomic E-state index is 13.6. The Hall–Kier alpha value is -1.38. The molecule has 158 valence electrons. The minimum Gasteiger partial charge on any atom is -0.294 e. The molecular weight excluding hydrogens is 356 g/mol. The summed E-state index contributed by atoms with van der Waals surface area (Å²) in [6, 6.07) is 0. The summed E-state index contributed by atoms with van der Waals surface area (Å²) in [5.74, 6) is 3.54. The quantitative estimate of drug-likeness (QED) is 0.559. The lowest BCUT2D eigenvalue weighted by molar-refractivity contribution is -0.137. The fraction of sp³-hybridized carbons (Fsp3) is 0.769. The van der Waals surface area contributed by atoms with E-state index in [4.69, 9.17) is 0 Å². The standard InChI is InChI=1S/C26H38N2O/c1-5-28-17(2)19(16-27-28)14-18-15-23-21-10-9-20-8-6-7-12-25(20,3)22(21)11-13-26(23,4)24(18)29/h14,16,20-23H,5-13,15H2,1-4H3/b18-14+/t20-,21+,22-,23-,25+,26+/m1/s1. The summed E-state index contributed by atoms with van der Waals surface area (Å²) in [6.07, 6.45) is 16.0. The zero-order valence-corrected chi connectivity index (χ0v) is 18.8. The van der Waals surface area contributed by atoms with Crippen LogP contribution in [0.1, 0.15) is 89.8 Å². The van der Waals surface area contributed by atoms with Crippen molar-refractivity contribution in [3.8, 4) is 0 Å². The Morgan fingerprint density at radius 3 is 2.72 bits per heavy atom. The lowest BCUT2D eigenvalue weighted by Gasteiger charge is -2.59. The van der Waals surface area contributed by atoms with Gasteiger partial charge < -0.3 is 0 Å². The van der Waals surface area contributed by atoms with Gasteiger partial charge in [0.1, 0.15) is 0 Å². The van der Waals surface area contributed by atoms with Gasteiger partial charge in [-0.25, -0.2) is 0 Å². The molecule has 0 amide bonds. The van der Waals surface area contributed by atoms with Crippen LogP contribution in [0.3, 0.4) is 0 Å². The fourth-order valence-electron chi connectivity index (χ4n) is 8.20. The smallest absolute Gasteiger partial charge is 0.165 e. The normalized spacial score (nSPS) is 43.2. The van der Waals surface area contributed by atoms with Gasteiger partial charge in [-0.2, -0.15) is 5.10 Å². The molecule has 0 radical (unpaired) electrons. The van der Waals surface area contributed by atoms with Crippen molar-refractivity contribution >= 4 is 11.9 Å². The van der Waals surface area contributed by atoms with Crippen molar-refractivity contribution in [1.82, 2.24) is 9.78 Å². The summed E-state index contributed by atoms with van der Waals surface area (Å²) in [7, 11) is 0. The van der Waals surface area contributed by atoms with Crippen LogP contribution in [0, 0.1) is 41.4 Å². The van der Waals surface area contributed by atoms with Crippen molar-refractivity contribution in [2.24, 2.45) is 34.5 Å². The van der Waals surface area contributed by atoms with Gasteiger partial charge in [0.2, 0.25) is 0 Å². The molecule has 6 atom stereocenters. The van der Waals surface area contributed by atoms with E-state index in [0.717, 1.165) is 48.3 Å². The molecule has 1 heterocycles. The molecule has 5 rings (SSSR count). The second-order valence-corrected chi connectivity index (χ2v) is 11.1. The van der Waals surface area contributed by atoms with Crippen LogP contribution in [0.2, 0.25) is 0 Å². The van der Waals surface area contributed by atoms with Crippen LogP contribution < -0.4 is 0 Å². The fourth-order valence-corrected chi connectivity index (χ4v) is 8.20. The zero-order valence-electron chi connectivity index (χ0n) is 18.8. The number of rotatable bonds is 2. The van der Waals surface area contributed by atoms with Crippen molar-refractivity contribution in [2.45, 2.75) is 92.0 Å². The molecule has 0 saturated heterocycles. The first-order valence-electron chi connectivity index (χ1n) is 12.2. The average Bonchev–Trinajstić information content (AvgIpc) is 3.19. The molecule has 0 N–H and O–H groups in total. The highest BCUT2D eigenvalue weighted by Crippen LogP contribution is 2.66. The molecule has 1 aromatic heterocycles. The first-order chi connectivity index (χ1) is 13.9. The number of aromatic nitrogens is 2. The summed E-state index contributed by atoms with van der Waals surface area (Å²) in [6.45, 7) is 10.0. The molecule has 0 aromatic carbocycles. The Labute approximate surface area is 176 Å². The van der Waals surface area contributed by atoms with E-state index in [1.54, 1.807) is 0 Å². The van der Waals surface area contributed by atoms with Crippen molar-refractivity contribution < 1.29 is 4.79 Å². The lowest BCUT2D eigenvalue weighted by Crippen LogP contribution is -2.52. The van der Waals surface area contributed by atoms with Crippen molar-refractivity contribution in [1.29, 1.82) is 0 Å². The summed E-state index contributed by atoms with van der Waals surface area (Å²) in [5.41, 5.74) is 3.81. The zero-order chi connectivity index (χ0) is 20.4. The highest BCUT2D eigenvalue weighted by Gasteiger charge is 2.60. The van der Waals surface area contributed by atoms with Gasteiger partial charge in [-0.3, -0.25) is 9.48 Å². The van der Waals surface area contributed by atoms with Crippen molar-refractivity contribution in [2.75, 3.05) is 0 Å². The van der Waals surface area contributed by atoms with E-state index >= 15 is 0 Å². The van der Waals surface area contributed by atoms with Crippen LogP contribution in [0.4, 0.5) is 0 Å². The Kier molecular flexibility index (Phi) is 4.60. The third kappa shape index (κ3) is 2.75. The summed E-state index contributed by atoms with van der Waals surface area (Å²) < 4.78 is 2.03. The van der Waals surface area contributed by atoms with Gasteiger partial charge in [0.15, 0.2) is 5.78 Å². The third-order valence-electron chi connectivity index (χ3n) is 9.99. The molecular formula is C26H38N2O. The molecule has 3 nitrogen and oxygen atoms in total. The van der Waals surface area contributed by atoms with Crippen molar-refractivity contribution in [3.63, 3.8) is 0 Å². The second kappa shape index (κ2) is 6.82. The first-order valence-corrected chi connectivity index (χ1v) is 12.2. The number of carbonyl (C=O) groups is 1. The predicted molar refractivity (Wildman–Crippen MR) is 117 cm³/mol. The molecule has 0 unspecified atom stereocenters. The van der Waals surface area contributed by atoms with Gasteiger partial charge >= 0.3 is 0 Å². The number of fused-ring (bicyclic) bond motifs is 5. The maximum Gasteiger partial charge on any atom is 0.165 e. The molecule has 1 aromatic rings. The van der Waals surface area contributed by atoms with Crippen LogP contribution >= 0.6 is 0 Å². The average molecular weight is 395 g/mol. The predicted octanol–water partition coefficient (Wildman–Crippen LogP) is 6.21. The Bertz CT molecular complexity index is 851. The van der Waals surface area contributed by atoms with Gasteiger partial charge in [-0.05, 0) is 99.5 Å². The number of nitrogens with zero attached hydrogens (tertiary/aromatic N) is 2. The number of Topliss-reactive ketones (excluding diaryl/α,β-unsaturated/α-hetero) is 1. The van der Waals surface area contributed by atoms with Gasteiger partial charge in [-0.1, -0.05) is 26.7 Å². The molecule has 0 bridgehead atoms. The van der Waals surface area contributed by atoms with Gasteiger partial charge in [0.25, 0.3) is 0 Å². The third-order valence-corrected chi connectivity index (χ3v) is 9.99. The summed E-state index contributed by atoms with van der Waals surface area (Å²) >= 11 is 0. The van der Waals surface area contributed by atoms with Crippen molar-refractivity contribution in [3.05, 3.63) is 23.0 Å². The van der Waals surface area contributed by atoms with E-state index in [0.29, 0.717) is 17.1 Å². The van der Waals surface area contributed by atoms with E-state index < -0.39 is 0 Å². The van der Waals surface area contributed by atoms with E-state index in [1.807, 2.05) is 10.9 Å². The number of hydrogen-bond donors (Lipinski definition) is 0. The molecule has 4 saturated carbocycles. The van der Waals surface area contributed by atoms with Gasteiger partial charge in [0.05, 0.1) is 6.20 Å². The number of carbonyl (C=O) groups excluding carboxylic acids is 1. The molecule has 4 fully saturated rings. The molecule has 29 heavy (non-hydrogen) atoms. The van der Waals surface area contributed by atoms with E-state index in [1.165, 1.54) is 50.6 Å². The Morgan fingerprint density at radius 1 is 1.14 bits per heavy atom. The largest absolute Gasteiger partial charge is 0.294 e. The molecule has 0 spiro atoms. The van der Waals surface area contributed by atoms with Crippen LogP contribution in [0.25, 0.3) is 6.08 Å². The SMILES string of the molecule is CCn1ncc(/C=C2\C[C@@H]3[C@H]4CC[C@H]5CCCC[C@]5(C)[C@@H]4CC[C@]3(C)C2=O)c1C. The van der Waals surface area contributed by atoms with Gasteiger partial charge in [-0.15, -0.1) is 0 Å². The maximum absolute atomic E-state index is 13.6. The van der Waals surface area contributed by atoms with E-state index in [9.17, 15) is 4.79 Å². The van der Waals surface area contributed by atoms with Crippen LogP contribution in [0.5, 0.6) is 0 Å². The summed E-state index contributed by atoms with van der Waals surface area (Å²) in [5, 5.41) is 4.49. The number of allylic oxidation sites excluding steroid dienone is 1. The molecule has 4 aliphatic carbocycles. The monoisotopic (exact) mass is 394 g/mol. The first kappa shape index (κ1) is 19.6.